The van der Waals surface area contributed by atoms with Crippen molar-refractivity contribution in [2.75, 3.05) is 13.2 Å². The van der Waals surface area contributed by atoms with Crippen molar-refractivity contribution in [1.82, 2.24) is 4.98 Å². The zero-order valence-corrected chi connectivity index (χ0v) is 11.3. The average Bonchev–Trinajstić information content (AvgIpc) is 2.96. The molecule has 102 valence electrons. The number of benzene rings is 1. The topological polar surface area (TPSA) is 66.1 Å². The fraction of sp³-hybridized carbons (Fsp3) is 0.375. The van der Waals surface area contributed by atoms with E-state index < -0.39 is 11.5 Å². The fourth-order valence-corrected chi connectivity index (χ4v) is 2.68. The van der Waals surface area contributed by atoms with Gasteiger partial charge in [0.15, 0.2) is 0 Å². The molecule has 0 saturated carbocycles. The number of hydrogen-bond donors (Lipinski definition) is 1. The standard InChI is InChI=1S/C16H16N2O2/c1-11-2-3-12-8-13(4-5-14(12)18-11)15(19)16(9-17)6-7-20-10-16/h2-5,8,15,19H,6-7,10H2,1H3. The highest BCUT2D eigenvalue weighted by molar-refractivity contribution is 5.79. The number of fused-ring (bicyclic) bond motifs is 1. The summed E-state index contributed by atoms with van der Waals surface area (Å²) in [4.78, 5) is 4.44. The monoisotopic (exact) mass is 268 g/mol. The Morgan fingerprint density at radius 3 is 2.95 bits per heavy atom. The number of aromatic nitrogens is 1. The van der Waals surface area contributed by atoms with Gasteiger partial charge in [-0.3, -0.25) is 4.98 Å². The predicted octanol–water partition coefficient (Wildman–Crippen LogP) is 2.51. The van der Waals surface area contributed by atoms with Crippen LogP contribution in [0.3, 0.4) is 0 Å². The molecule has 1 aromatic carbocycles. The largest absolute Gasteiger partial charge is 0.387 e. The van der Waals surface area contributed by atoms with Crippen molar-refractivity contribution in [2.45, 2.75) is 19.4 Å². The Morgan fingerprint density at radius 2 is 2.25 bits per heavy atom. The maximum absolute atomic E-state index is 10.6. The number of pyridine rings is 1. The van der Waals surface area contributed by atoms with Crippen molar-refractivity contribution < 1.29 is 9.84 Å². The number of rotatable bonds is 2. The molecule has 1 aliphatic rings. The molecule has 20 heavy (non-hydrogen) atoms. The molecule has 0 spiro atoms. The Labute approximate surface area is 117 Å². The molecule has 1 saturated heterocycles. The maximum Gasteiger partial charge on any atom is 0.113 e. The third-order valence-corrected chi connectivity index (χ3v) is 3.97. The van der Waals surface area contributed by atoms with Gasteiger partial charge in [-0.15, -0.1) is 0 Å². The van der Waals surface area contributed by atoms with E-state index in [2.05, 4.69) is 11.1 Å². The summed E-state index contributed by atoms with van der Waals surface area (Å²) in [6.45, 7) is 2.76. The number of aliphatic hydroxyl groups is 1. The van der Waals surface area contributed by atoms with E-state index in [-0.39, 0.29) is 6.61 Å². The quantitative estimate of drug-likeness (QED) is 0.908. The molecule has 0 radical (unpaired) electrons. The van der Waals surface area contributed by atoms with Gasteiger partial charge in [-0.1, -0.05) is 12.1 Å². The molecule has 1 fully saturated rings. The highest BCUT2D eigenvalue weighted by atomic mass is 16.5. The number of nitriles is 1. The molecule has 4 heteroatoms. The molecular weight excluding hydrogens is 252 g/mol. The minimum Gasteiger partial charge on any atom is -0.387 e. The van der Waals surface area contributed by atoms with E-state index >= 15 is 0 Å². The van der Waals surface area contributed by atoms with Crippen LogP contribution in [-0.2, 0) is 4.74 Å². The molecule has 0 bridgehead atoms. The fourth-order valence-electron chi connectivity index (χ4n) is 2.68. The minimum absolute atomic E-state index is 0.287. The van der Waals surface area contributed by atoms with E-state index in [0.29, 0.717) is 13.0 Å². The van der Waals surface area contributed by atoms with Crippen molar-refractivity contribution in [3.8, 4) is 6.07 Å². The molecule has 0 aliphatic carbocycles. The Morgan fingerprint density at radius 1 is 1.40 bits per heavy atom. The van der Waals surface area contributed by atoms with Crippen LogP contribution >= 0.6 is 0 Å². The first-order valence-corrected chi connectivity index (χ1v) is 6.69. The van der Waals surface area contributed by atoms with Crippen LogP contribution in [0.1, 0.15) is 23.8 Å². The van der Waals surface area contributed by atoms with Gasteiger partial charge in [-0.2, -0.15) is 5.26 Å². The highest BCUT2D eigenvalue weighted by Gasteiger charge is 2.43. The second kappa shape index (κ2) is 4.86. The van der Waals surface area contributed by atoms with Gasteiger partial charge in [-0.05, 0) is 37.1 Å². The van der Waals surface area contributed by atoms with E-state index in [1.54, 1.807) is 0 Å². The summed E-state index contributed by atoms with van der Waals surface area (Å²) in [5.41, 5.74) is 1.78. The summed E-state index contributed by atoms with van der Waals surface area (Å²) in [5.74, 6) is 0. The van der Waals surface area contributed by atoms with Gasteiger partial charge in [0, 0.05) is 17.7 Å². The number of ether oxygens (including phenoxy) is 1. The van der Waals surface area contributed by atoms with Crippen LogP contribution in [0.15, 0.2) is 30.3 Å². The number of aliphatic hydroxyl groups excluding tert-OH is 1. The Kier molecular flexibility index (Phi) is 3.17. The molecule has 0 amide bonds. The molecule has 2 atom stereocenters. The molecule has 2 unspecified atom stereocenters. The van der Waals surface area contributed by atoms with Gasteiger partial charge >= 0.3 is 0 Å². The van der Waals surface area contributed by atoms with Gasteiger partial charge in [0.05, 0.1) is 24.3 Å². The molecular formula is C16H16N2O2. The normalized spacial score (nSPS) is 23.6. The Bertz CT molecular complexity index is 684. The van der Waals surface area contributed by atoms with Crippen LogP contribution in [0, 0.1) is 23.7 Å². The lowest BCUT2D eigenvalue weighted by Crippen LogP contribution is -2.27. The molecule has 1 N–H and O–H groups in total. The summed E-state index contributed by atoms with van der Waals surface area (Å²) in [7, 11) is 0. The summed E-state index contributed by atoms with van der Waals surface area (Å²) in [6, 6.07) is 11.8. The van der Waals surface area contributed by atoms with Crippen LogP contribution < -0.4 is 0 Å². The minimum atomic E-state index is -0.833. The van der Waals surface area contributed by atoms with Crippen LogP contribution in [0.25, 0.3) is 10.9 Å². The Balaban J connectivity index is 2.02. The number of nitrogens with zero attached hydrogens (tertiary/aromatic N) is 2. The summed E-state index contributed by atoms with van der Waals surface area (Å²) in [6.07, 6.45) is -0.268. The van der Waals surface area contributed by atoms with E-state index in [1.165, 1.54) is 0 Å². The number of aryl methyl sites for hydroxylation is 1. The van der Waals surface area contributed by atoms with Crippen LogP contribution in [0.2, 0.25) is 0 Å². The van der Waals surface area contributed by atoms with E-state index in [1.807, 2.05) is 37.3 Å². The zero-order chi connectivity index (χ0) is 14.2. The van der Waals surface area contributed by atoms with Crippen molar-refractivity contribution >= 4 is 10.9 Å². The second-order valence-corrected chi connectivity index (χ2v) is 5.38. The third-order valence-electron chi connectivity index (χ3n) is 3.97. The van der Waals surface area contributed by atoms with Gasteiger partial charge in [-0.25, -0.2) is 0 Å². The first-order chi connectivity index (χ1) is 9.64. The van der Waals surface area contributed by atoms with E-state index in [0.717, 1.165) is 22.2 Å². The molecule has 1 aromatic heterocycles. The lowest BCUT2D eigenvalue weighted by atomic mass is 9.79. The summed E-state index contributed by atoms with van der Waals surface area (Å²) >= 11 is 0. The first kappa shape index (κ1) is 13.0. The average molecular weight is 268 g/mol. The number of hydrogen-bond acceptors (Lipinski definition) is 4. The lowest BCUT2D eigenvalue weighted by molar-refractivity contribution is 0.0505. The van der Waals surface area contributed by atoms with Crippen molar-refractivity contribution in [3.05, 3.63) is 41.6 Å². The van der Waals surface area contributed by atoms with Crippen LogP contribution in [0.5, 0.6) is 0 Å². The predicted molar refractivity (Wildman–Crippen MR) is 74.9 cm³/mol. The van der Waals surface area contributed by atoms with E-state index in [9.17, 15) is 10.4 Å². The summed E-state index contributed by atoms with van der Waals surface area (Å²) in [5, 5.41) is 20.9. The lowest BCUT2D eigenvalue weighted by Gasteiger charge is -2.25. The van der Waals surface area contributed by atoms with Crippen LogP contribution in [0.4, 0.5) is 0 Å². The second-order valence-electron chi connectivity index (χ2n) is 5.38. The smallest absolute Gasteiger partial charge is 0.113 e. The van der Waals surface area contributed by atoms with Gasteiger partial charge in [0.25, 0.3) is 0 Å². The van der Waals surface area contributed by atoms with E-state index in [4.69, 9.17) is 4.74 Å². The van der Waals surface area contributed by atoms with Crippen molar-refractivity contribution in [1.29, 1.82) is 5.26 Å². The van der Waals surface area contributed by atoms with Gasteiger partial charge in [0.2, 0.25) is 0 Å². The molecule has 1 aliphatic heterocycles. The molecule has 4 nitrogen and oxygen atoms in total. The van der Waals surface area contributed by atoms with Crippen molar-refractivity contribution in [2.24, 2.45) is 5.41 Å². The maximum atomic E-state index is 10.6. The zero-order valence-electron chi connectivity index (χ0n) is 11.3. The summed E-state index contributed by atoms with van der Waals surface area (Å²) < 4.78 is 5.30. The highest BCUT2D eigenvalue weighted by Crippen LogP contribution is 2.41. The molecule has 2 aromatic rings. The molecule has 3 rings (SSSR count). The third kappa shape index (κ3) is 2.05. The first-order valence-electron chi connectivity index (χ1n) is 6.69. The van der Waals surface area contributed by atoms with Gasteiger partial charge < -0.3 is 9.84 Å². The molecule has 2 heterocycles. The SMILES string of the molecule is Cc1ccc2cc(C(O)C3(C#N)CCOC3)ccc2n1. The van der Waals surface area contributed by atoms with Crippen LogP contribution in [-0.4, -0.2) is 23.3 Å². The van der Waals surface area contributed by atoms with Crippen molar-refractivity contribution in [3.63, 3.8) is 0 Å². The van der Waals surface area contributed by atoms with Gasteiger partial charge in [0.1, 0.15) is 5.41 Å². The Hall–Kier alpha value is -1.96.